The zero-order valence-electron chi connectivity index (χ0n) is 23.7. The van der Waals surface area contributed by atoms with Crippen LogP contribution in [0.25, 0.3) is 0 Å². The van der Waals surface area contributed by atoms with Gasteiger partial charge in [-0.05, 0) is 41.9 Å². The fourth-order valence-corrected chi connectivity index (χ4v) is 4.24. The molecular weight excluding hydrogens is 502 g/mol. The number of nitrogens with one attached hydrogen (secondary N) is 5. The Morgan fingerprint density at radius 2 is 1.67 bits per heavy atom. The van der Waals surface area contributed by atoms with E-state index in [1.54, 1.807) is 19.1 Å². The molecule has 1 saturated heterocycles. The normalized spacial score (nSPS) is 18.7. The van der Waals surface area contributed by atoms with Gasteiger partial charge in [0.2, 0.25) is 17.7 Å². The van der Waals surface area contributed by atoms with Crippen LogP contribution in [0.1, 0.15) is 59.4 Å². The molecule has 0 aromatic heterocycles. The zero-order valence-corrected chi connectivity index (χ0v) is 23.7. The summed E-state index contributed by atoms with van der Waals surface area (Å²) in [6, 6.07) is 2.73. The molecule has 39 heavy (non-hydrogen) atoms. The SMILES string of the molecule is CCC(C)C(NC(=O)C(Cc1ccc(O)cc1)NC(=O)[C@@H]1CNCCN1)C(=O)NC(CCC(C)(C)C)C(=O)O. The molecule has 1 fully saturated rings. The zero-order chi connectivity index (χ0) is 29.2. The van der Waals surface area contributed by atoms with Crippen LogP contribution in [0.15, 0.2) is 24.3 Å². The Balaban J connectivity index is 2.21. The predicted octanol–water partition coefficient (Wildman–Crippen LogP) is 0.908. The van der Waals surface area contributed by atoms with Gasteiger partial charge in [0.05, 0.1) is 6.04 Å². The first-order valence-electron chi connectivity index (χ1n) is 13.7. The molecule has 0 radical (unpaired) electrons. The minimum atomic E-state index is -1.13. The molecule has 0 spiro atoms. The van der Waals surface area contributed by atoms with Crippen LogP contribution in [-0.2, 0) is 25.6 Å². The van der Waals surface area contributed by atoms with Crippen molar-refractivity contribution < 1.29 is 29.4 Å². The van der Waals surface area contributed by atoms with Crippen molar-refractivity contribution in [1.29, 1.82) is 0 Å². The maximum Gasteiger partial charge on any atom is 0.326 e. The van der Waals surface area contributed by atoms with E-state index in [1.165, 1.54) is 12.1 Å². The van der Waals surface area contributed by atoms with Gasteiger partial charge in [-0.15, -0.1) is 0 Å². The molecule has 2 rings (SSSR count). The topological polar surface area (TPSA) is 169 Å². The third-order valence-electron chi connectivity index (χ3n) is 6.96. The van der Waals surface area contributed by atoms with E-state index < -0.39 is 42.0 Å². The molecule has 3 amide bonds. The molecule has 11 heteroatoms. The maximum absolute atomic E-state index is 13.5. The summed E-state index contributed by atoms with van der Waals surface area (Å²) < 4.78 is 0. The first-order valence-corrected chi connectivity index (χ1v) is 13.7. The highest BCUT2D eigenvalue weighted by atomic mass is 16.4. The summed E-state index contributed by atoms with van der Waals surface area (Å²) in [4.78, 5) is 51.6. The standard InChI is InChI=1S/C28H45N5O6/c1-6-17(2)23(26(37)31-20(27(38)39)11-12-28(3,4)5)33-24(35)21(15-18-7-9-19(34)10-8-18)32-25(36)22-16-29-13-14-30-22/h7-10,17,20-23,29-30,34H,6,11-16H2,1-5H3,(H,31,37)(H,32,36)(H,33,35)(H,38,39)/t17?,20?,21?,22-,23?/m0/s1. The van der Waals surface area contributed by atoms with Crippen molar-refractivity contribution in [2.75, 3.05) is 19.6 Å². The molecule has 0 saturated carbocycles. The Morgan fingerprint density at radius 3 is 2.21 bits per heavy atom. The van der Waals surface area contributed by atoms with Gasteiger partial charge in [0, 0.05) is 26.1 Å². The van der Waals surface area contributed by atoms with Crippen molar-refractivity contribution in [2.45, 2.75) is 84.5 Å². The molecule has 0 bridgehead atoms. The average Bonchev–Trinajstić information content (AvgIpc) is 2.89. The number of benzene rings is 1. The largest absolute Gasteiger partial charge is 0.508 e. The fraction of sp³-hybridized carbons (Fsp3) is 0.643. The number of phenolic OH excluding ortho intramolecular Hbond substituents is 1. The van der Waals surface area contributed by atoms with Gasteiger partial charge >= 0.3 is 5.97 Å². The van der Waals surface area contributed by atoms with Gasteiger partial charge in [0.1, 0.15) is 23.9 Å². The second-order valence-corrected chi connectivity index (χ2v) is 11.5. The summed E-state index contributed by atoms with van der Waals surface area (Å²) in [5, 5.41) is 33.8. The highest BCUT2D eigenvalue weighted by Crippen LogP contribution is 2.22. The number of carbonyl (C=O) groups is 4. The van der Waals surface area contributed by atoms with Crippen molar-refractivity contribution in [1.82, 2.24) is 26.6 Å². The van der Waals surface area contributed by atoms with Gasteiger partial charge in [-0.2, -0.15) is 0 Å². The number of hydrogen-bond acceptors (Lipinski definition) is 7. The predicted molar refractivity (Wildman–Crippen MR) is 148 cm³/mol. The van der Waals surface area contributed by atoms with Crippen molar-refractivity contribution in [3.05, 3.63) is 29.8 Å². The van der Waals surface area contributed by atoms with Gasteiger partial charge in [0.25, 0.3) is 0 Å². The van der Waals surface area contributed by atoms with E-state index in [1.807, 2.05) is 27.7 Å². The quantitative estimate of drug-likeness (QED) is 0.191. The molecule has 1 aromatic rings. The molecule has 1 aliphatic heterocycles. The van der Waals surface area contributed by atoms with Crippen LogP contribution >= 0.6 is 0 Å². The number of amides is 3. The fourth-order valence-electron chi connectivity index (χ4n) is 4.24. The Kier molecular flexibility index (Phi) is 12.2. The van der Waals surface area contributed by atoms with Crippen molar-refractivity contribution in [2.24, 2.45) is 11.3 Å². The Labute approximate surface area is 230 Å². The third kappa shape index (κ3) is 10.8. The van der Waals surface area contributed by atoms with Gasteiger partial charge < -0.3 is 36.8 Å². The molecule has 1 aliphatic rings. The first-order chi connectivity index (χ1) is 18.3. The van der Waals surface area contributed by atoms with Crippen molar-refractivity contribution in [3.63, 3.8) is 0 Å². The van der Waals surface area contributed by atoms with Crippen LogP contribution in [-0.4, -0.2) is 77.7 Å². The van der Waals surface area contributed by atoms with Crippen LogP contribution in [0.2, 0.25) is 0 Å². The number of rotatable bonds is 13. The lowest BCUT2D eigenvalue weighted by Gasteiger charge is -2.29. The van der Waals surface area contributed by atoms with Crippen LogP contribution in [0.3, 0.4) is 0 Å². The summed E-state index contributed by atoms with van der Waals surface area (Å²) in [7, 11) is 0. The van der Waals surface area contributed by atoms with E-state index in [2.05, 4.69) is 26.6 Å². The van der Waals surface area contributed by atoms with Crippen LogP contribution in [0.5, 0.6) is 5.75 Å². The number of hydrogen-bond donors (Lipinski definition) is 7. The average molecular weight is 548 g/mol. The van der Waals surface area contributed by atoms with E-state index in [0.29, 0.717) is 31.5 Å². The molecular formula is C28H45N5O6. The van der Waals surface area contributed by atoms with E-state index >= 15 is 0 Å². The van der Waals surface area contributed by atoms with E-state index in [-0.39, 0.29) is 35.8 Å². The van der Waals surface area contributed by atoms with Gasteiger partial charge in [-0.1, -0.05) is 53.2 Å². The number of carboxylic acid groups (broad SMARTS) is 1. The molecule has 218 valence electrons. The Morgan fingerprint density at radius 1 is 1.00 bits per heavy atom. The second-order valence-electron chi connectivity index (χ2n) is 11.5. The molecule has 5 atom stereocenters. The number of carbonyl (C=O) groups excluding carboxylic acids is 3. The van der Waals surface area contributed by atoms with E-state index in [9.17, 15) is 29.4 Å². The highest BCUT2D eigenvalue weighted by Gasteiger charge is 2.33. The highest BCUT2D eigenvalue weighted by molar-refractivity contribution is 5.94. The summed E-state index contributed by atoms with van der Waals surface area (Å²) >= 11 is 0. The van der Waals surface area contributed by atoms with Gasteiger partial charge in [-0.25, -0.2) is 4.79 Å². The molecule has 0 aliphatic carbocycles. The van der Waals surface area contributed by atoms with Crippen molar-refractivity contribution >= 4 is 23.7 Å². The molecule has 4 unspecified atom stereocenters. The first kappa shape index (κ1) is 32.0. The van der Waals surface area contributed by atoms with Gasteiger partial charge in [-0.3, -0.25) is 14.4 Å². The lowest BCUT2D eigenvalue weighted by Crippen LogP contribution is -2.61. The van der Waals surface area contributed by atoms with Crippen LogP contribution in [0, 0.1) is 11.3 Å². The second kappa shape index (κ2) is 14.8. The molecule has 1 heterocycles. The summed E-state index contributed by atoms with van der Waals surface area (Å²) in [6.07, 6.45) is 1.55. The Hall–Kier alpha value is -3.18. The molecule has 1 aromatic carbocycles. The molecule has 7 N–H and O–H groups in total. The summed E-state index contributed by atoms with van der Waals surface area (Å²) in [5.74, 6) is -2.82. The number of aromatic hydroxyl groups is 1. The van der Waals surface area contributed by atoms with Crippen molar-refractivity contribution in [3.8, 4) is 5.75 Å². The van der Waals surface area contributed by atoms with E-state index in [0.717, 1.165) is 6.54 Å². The summed E-state index contributed by atoms with van der Waals surface area (Å²) in [5.41, 5.74) is 0.603. The number of phenols is 1. The smallest absolute Gasteiger partial charge is 0.326 e. The summed E-state index contributed by atoms with van der Waals surface area (Å²) in [6.45, 7) is 11.4. The van der Waals surface area contributed by atoms with Crippen LogP contribution < -0.4 is 26.6 Å². The minimum Gasteiger partial charge on any atom is -0.508 e. The number of carboxylic acids is 1. The van der Waals surface area contributed by atoms with Gasteiger partial charge in [0.15, 0.2) is 0 Å². The third-order valence-corrected chi connectivity index (χ3v) is 6.96. The lowest BCUT2D eigenvalue weighted by molar-refractivity contribution is -0.143. The maximum atomic E-state index is 13.5. The number of aliphatic carboxylic acids is 1. The van der Waals surface area contributed by atoms with E-state index in [4.69, 9.17) is 0 Å². The molecule has 11 nitrogen and oxygen atoms in total. The minimum absolute atomic E-state index is 0.0780. The monoisotopic (exact) mass is 547 g/mol. The van der Waals surface area contributed by atoms with Crippen LogP contribution in [0.4, 0.5) is 0 Å². The lowest BCUT2D eigenvalue weighted by atomic mass is 9.88. The Bertz CT molecular complexity index is 972. The number of piperazine rings is 1.